The number of nitrogens with zero attached hydrogens (tertiary/aromatic N) is 1. The third kappa shape index (κ3) is 4.52. The van der Waals surface area contributed by atoms with Crippen molar-refractivity contribution in [2.45, 2.75) is 57.3 Å². The van der Waals surface area contributed by atoms with Crippen molar-refractivity contribution < 1.29 is 14.3 Å². The van der Waals surface area contributed by atoms with E-state index in [4.69, 9.17) is 9.47 Å². The van der Waals surface area contributed by atoms with Crippen LogP contribution in [0.1, 0.15) is 44.6 Å². The van der Waals surface area contributed by atoms with Gasteiger partial charge in [0.05, 0.1) is 6.61 Å². The summed E-state index contributed by atoms with van der Waals surface area (Å²) in [5.74, 6) is 0.447. The number of carbonyl (C=O) groups is 1. The van der Waals surface area contributed by atoms with Crippen LogP contribution in [-0.4, -0.2) is 35.9 Å². The highest BCUT2D eigenvalue weighted by Crippen LogP contribution is 2.39. The third-order valence-electron chi connectivity index (χ3n) is 4.87. The minimum atomic E-state index is -0.376. The Morgan fingerprint density at radius 1 is 1.35 bits per heavy atom. The topological polar surface area (TPSA) is 60.5 Å². The summed E-state index contributed by atoms with van der Waals surface area (Å²) in [6.45, 7) is 3.40. The van der Waals surface area contributed by atoms with Gasteiger partial charge >= 0.3 is 0 Å². The SMILES string of the molecule is CC1CCC2(CC1)OC[C@@H](CNC(=O)CCc1ccncc1)O2. The summed E-state index contributed by atoms with van der Waals surface area (Å²) in [4.78, 5) is 15.9. The van der Waals surface area contributed by atoms with Crippen molar-refractivity contribution in [2.75, 3.05) is 13.2 Å². The van der Waals surface area contributed by atoms with E-state index in [9.17, 15) is 4.79 Å². The molecule has 2 heterocycles. The monoisotopic (exact) mass is 318 g/mol. The fraction of sp³-hybridized carbons (Fsp3) is 0.667. The van der Waals surface area contributed by atoms with E-state index < -0.39 is 0 Å². The van der Waals surface area contributed by atoms with Gasteiger partial charge in [0.25, 0.3) is 0 Å². The Labute approximate surface area is 137 Å². The fourth-order valence-electron chi connectivity index (χ4n) is 3.30. The quantitative estimate of drug-likeness (QED) is 0.906. The van der Waals surface area contributed by atoms with Gasteiger partial charge in [-0.25, -0.2) is 0 Å². The second kappa shape index (κ2) is 7.41. The average Bonchev–Trinajstić information content (AvgIpc) is 2.98. The number of nitrogens with one attached hydrogen (secondary N) is 1. The minimum Gasteiger partial charge on any atom is -0.353 e. The molecule has 23 heavy (non-hydrogen) atoms. The number of amides is 1. The van der Waals surface area contributed by atoms with E-state index in [0.29, 0.717) is 19.6 Å². The Balaban J connectivity index is 1.37. The molecular weight excluding hydrogens is 292 g/mol. The summed E-state index contributed by atoms with van der Waals surface area (Å²) in [5, 5.41) is 2.97. The van der Waals surface area contributed by atoms with Gasteiger partial charge in [0, 0.05) is 38.2 Å². The zero-order chi connectivity index (χ0) is 16.1. The molecule has 0 radical (unpaired) electrons. The lowest BCUT2D eigenvalue weighted by molar-refractivity contribution is -0.191. The highest BCUT2D eigenvalue weighted by atomic mass is 16.7. The van der Waals surface area contributed by atoms with Crippen molar-refractivity contribution in [2.24, 2.45) is 5.92 Å². The molecule has 1 N–H and O–H groups in total. The van der Waals surface area contributed by atoms with Crippen LogP contribution in [0.15, 0.2) is 24.5 Å². The second-order valence-corrected chi connectivity index (χ2v) is 6.80. The standard InChI is InChI=1S/C18H26N2O3/c1-14-4-8-18(9-5-14)22-13-16(23-18)12-20-17(21)3-2-15-6-10-19-11-7-15/h6-7,10-11,14,16H,2-5,8-9,12-13H2,1H3,(H,20,21)/t14?,16-,18?/m1/s1. The Morgan fingerprint density at radius 2 is 2.09 bits per heavy atom. The summed E-state index contributed by atoms with van der Waals surface area (Å²) in [6, 6.07) is 3.88. The summed E-state index contributed by atoms with van der Waals surface area (Å²) in [5.41, 5.74) is 1.13. The number of hydrogen-bond donors (Lipinski definition) is 1. The minimum absolute atomic E-state index is 0.0201. The Kier molecular flexibility index (Phi) is 5.28. The highest BCUT2D eigenvalue weighted by molar-refractivity contribution is 5.76. The maximum Gasteiger partial charge on any atom is 0.220 e. The molecule has 0 bridgehead atoms. The van der Waals surface area contributed by atoms with Gasteiger partial charge < -0.3 is 14.8 Å². The molecule has 1 saturated carbocycles. The lowest BCUT2D eigenvalue weighted by atomic mass is 9.86. The van der Waals surface area contributed by atoms with Gasteiger partial charge in [0.2, 0.25) is 5.91 Å². The molecule has 1 aromatic rings. The van der Waals surface area contributed by atoms with Crippen LogP contribution in [0.3, 0.4) is 0 Å². The first-order chi connectivity index (χ1) is 11.2. The summed E-state index contributed by atoms with van der Waals surface area (Å²) >= 11 is 0. The first-order valence-corrected chi connectivity index (χ1v) is 8.63. The van der Waals surface area contributed by atoms with E-state index in [-0.39, 0.29) is 17.8 Å². The molecule has 3 rings (SSSR count). The predicted molar refractivity (Wildman–Crippen MR) is 86.8 cm³/mol. The van der Waals surface area contributed by atoms with E-state index >= 15 is 0 Å². The Morgan fingerprint density at radius 3 is 2.83 bits per heavy atom. The van der Waals surface area contributed by atoms with Crippen LogP contribution in [0.4, 0.5) is 0 Å². The molecule has 1 atom stereocenters. The highest BCUT2D eigenvalue weighted by Gasteiger charge is 2.43. The van der Waals surface area contributed by atoms with Crippen LogP contribution in [-0.2, 0) is 20.7 Å². The van der Waals surface area contributed by atoms with Gasteiger partial charge in [-0.3, -0.25) is 9.78 Å². The van der Waals surface area contributed by atoms with Crippen LogP contribution < -0.4 is 5.32 Å². The average molecular weight is 318 g/mol. The second-order valence-electron chi connectivity index (χ2n) is 6.80. The van der Waals surface area contributed by atoms with Crippen LogP contribution in [0.2, 0.25) is 0 Å². The molecule has 2 fully saturated rings. The van der Waals surface area contributed by atoms with E-state index in [1.54, 1.807) is 12.4 Å². The summed E-state index contributed by atoms with van der Waals surface area (Å²) in [6.07, 6.45) is 8.96. The van der Waals surface area contributed by atoms with Crippen molar-refractivity contribution in [3.05, 3.63) is 30.1 Å². The molecule has 5 nitrogen and oxygen atoms in total. The number of ether oxygens (including phenoxy) is 2. The molecule has 1 saturated heterocycles. The molecule has 1 aromatic heterocycles. The molecule has 1 spiro atoms. The number of aromatic nitrogens is 1. The maximum atomic E-state index is 12.0. The first kappa shape index (κ1) is 16.4. The normalized spacial score (nSPS) is 30.5. The smallest absolute Gasteiger partial charge is 0.220 e. The third-order valence-corrected chi connectivity index (χ3v) is 4.87. The molecular formula is C18H26N2O3. The van der Waals surface area contributed by atoms with Gasteiger partial charge in [-0.2, -0.15) is 0 Å². The fourth-order valence-corrected chi connectivity index (χ4v) is 3.30. The van der Waals surface area contributed by atoms with Gasteiger partial charge in [0.1, 0.15) is 6.10 Å². The van der Waals surface area contributed by atoms with Gasteiger partial charge in [-0.15, -0.1) is 0 Å². The van der Waals surface area contributed by atoms with Crippen molar-refractivity contribution >= 4 is 5.91 Å². The van der Waals surface area contributed by atoms with Crippen LogP contribution in [0.25, 0.3) is 0 Å². The number of carbonyl (C=O) groups excluding carboxylic acids is 1. The maximum absolute atomic E-state index is 12.0. The number of aryl methyl sites for hydroxylation is 1. The van der Waals surface area contributed by atoms with Crippen LogP contribution in [0, 0.1) is 5.92 Å². The lowest BCUT2D eigenvalue weighted by Gasteiger charge is -2.34. The number of pyridine rings is 1. The largest absolute Gasteiger partial charge is 0.353 e. The summed E-state index contributed by atoms with van der Waals surface area (Å²) < 4.78 is 12.0. The van der Waals surface area contributed by atoms with E-state index in [1.165, 1.54) is 0 Å². The van der Waals surface area contributed by atoms with Crippen molar-refractivity contribution in [3.63, 3.8) is 0 Å². The van der Waals surface area contributed by atoms with Crippen molar-refractivity contribution in [3.8, 4) is 0 Å². The summed E-state index contributed by atoms with van der Waals surface area (Å²) in [7, 11) is 0. The van der Waals surface area contributed by atoms with Crippen LogP contribution >= 0.6 is 0 Å². The Hall–Kier alpha value is -1.46. The van der Waals surface area contributed by atoms with Gasteiger partial charge in [-0.05, 0) is 42.9 Å². The molecule has 1 amide bonds. The van der Waals surface area contributed by atoms with Crippen molar-refractivity contribution in [1.82, 2.24) is 10.3 Å². The molecule has 5 heteroatoms. The molecule has 1 aliphatic carbocycles. The van der Waals surface area contributed by atoms with E-state index in [0.717, 1.165) is 43.6 Å². The lowest BCUT2D eigenvalue weighted by Crippen LogP contribution is -2.38. The first-order valence-electron chi connectivity index (χ1n) is 8.63. The van der Waals surface area contributed by atoms with Gasteiger partial charge in [0.15, 0.2) is 5.79 Å². The Bertz CT molecular complexity index is 512. The molecule has 1 aliphatic heterocycles. The number of rotatable bonds is 5. The van der Waals surface area contributed by atoms with Crippen molar-refractivity contribution in [1.29, 1.82) is 0 Å². The molecule has 126 valence electrons. The molecule has 0 aromatic carbocycles. The zero-order valence-electron chi connectivity index (χ0n) is 13.8. The molecule has 2 aliphatic rings. The predicted octanol–water partition coefficient (Wildman–Crippen LogP) is 2.45. The molecule has 0 unspecified atom stereocenters. The van der Waals surface area contributed by atoms with Crippen LogP contribution in [0.5, 0.6) is 0 Å². The van der Waals surface area contributed by atoms with E-state index in [2.05, 4.69) is 17.2 Å². The van der Waals surface area contributed by atoms with E-state index in [1.807, 2.05) is 12.1 Å². The van der Waals surface area contributed by atoms with Gasteiger partial charge in [-0.1, -0.05) is 6.92 Å². The number of hydrogen-bond acceptors (Lipinski definition) is 4. The zero-order valence-corrected chi connectivity index (χ0v) is 13.8.